The van der Waals surface area contributed by atoms with Crippen molar-refractivity contribution in [3.05, 3.63) is 46.2 Å². The van der Waals surface area contributed by atoms with E-state index in [1.165, 1.54) is 10.4 Å². The number of hydrogen-bond acceptors (Lipinski definition) is 5. The number of methoxy groups -OCH3 is 2. The fourth-order valence-corrected chi connectivity index (χ4v) is 3.84. The zero-order valence-corrected chi connectivity index (χ0v) is 13.9. The lowest BCUT2D eigenvalue weighted by Gasteiger charge is -2.35. The fraction of sp³-hybridized carbons (Fsp3) is 0.412. The minimum atomic E-state index is 0.239. The molecule has 1 N–H and O–H groups in total. The summed E-state index contributed by atoms with van der Waals surface area (Å²) in [5, 5.41) is 5.56. The van der Waals surface area contributed by atoms with Crippen LogP contribution < -0.4 is 14.8 Å². The predicted molar refractivity (Wildman–Crippen MR) is 90.2 cm³/mol. The molecule has 0 spiro atoms. The summed E-state index contributed by atoms with van der Waals surface area (Å²) in [7, 11) is 3.41. The molecule has 3 rings (SSSR count). The van der Waals surface area contributed by atoms with Crippen LogP contribution in [0.15, 0.2) is 35.7 Å². The zero-order chi connectivity index (χ0) is 15.4. The van der Waals surface area contributed by atoms with Crippen molar-refractivity contribution >= 4 is 11.3 Å². The summed E-state index contributed by atoms with van der Waals surface area (Å²) in [6, 6.07) is 10.7. The Balaban J connectivity index is 2.01. The van der Waals surface area contributed by atoms with Crippen molar-refractivity contribution in [3.8, 4) is 11.5 Å². The van der Waals surface area contributed by atoms with E-state index in [1.54, 1.807) is 25.6 Å². The molecule has 0 unspecified atom stereocenters. The Morgan fingerprint density at radius 1 is 1.14 bits per heavy atom. The molecule has 0 saturated carbocycles. The van der Waals surface area contributed by atoms with Gasteiger partial charge in [-0.1, -0.05) is 6.07 Å². The van der Waals surface area contributed by atoms with Gasteiger partial charge in [0.25, 0.3) is 0 Å². The molecular formula is C17H22N2O2S. The zero-order valence-electron chi connectivity index (χ0n) is 13.0. The van der Waals surface area contributed by atoms with E-state index < -0.39 is 0 Å². The van der Waals surface area contributed by atoms with Gasteiger partial charge in [-0.2, -0.15) is 0 Å². The summed E-state index contributed by atoms with van der Waals surface area (Å²) in [4.78, 5) is 3.87. The van der Waals surface area contributed by atoms with Crippen molar-refractivity contribution in [2.75, 3.05) is 40.4 Å². The van der Waals surface area contributed by atoms with Crippen molar-refractivity contribution in [3.63, 3.8) is 0 Å². The Labute approximate surface area is 135 Å². The molecular weight excluding hydrogens is 296 g/mol. The molecule has 1 aliphatic heterocycles. The number of thiophene rings is 1. The van der Waals surface area contributed by atoms with Crippen molar-refractivity contribution in [2.45, 2.75) is 6.04 Å². The summed E-state index contributed by atoms with van der Waals surface area (Å²) in [5.74, 6) is 1.71. The van der Waals surface area contributed by atoms with Gasteiger partial charge in [0.15, 0.2) is 0 Å². The highest BCUT2D eigenvalue weighted by molar-refractivity contribution is 7.10. The molecule has 1 aromatic heterocycles. The Kier molecular flexibility index (Phi) is 4.97. The first-order valence-corrected chi connectivity index (χ1v) is 8.41. The maximum Gasteiger partial charge on any atom is 0.127 e. The van der Waals surface area contributed by atoms with E-state index in [-0.39, 0.29) is 6.04 Å². The molecule has 4 nitrogen and oxygen atoms in total. The summed E-state index contributed by atoms with van der Waals surface area (Å²) >= 11 is 1.80. The molecule has 1 fully saturated rings. The molecule has 2 aromatic rings. The lowest BCUT2D eigenvalue weighted by atomic mass is 10.0. The number of nitrogens with one attached hydrogen (secondary N) is 1. The van der Waals surface area contributed by atoms with Gasteiger partial charge in [0.1, 0.15) is 11.5 Å². The van der Waals surface area contributed by atoms with E-state index in [9.17, 15) is 0 Å². The molecule has 5 heteroatoms. The number of hydrogen-bond donors (Lipinski definition) is 1. The normalized spacial score (nSPS) is 17.2. The summed E-state index contributed by atoms with van der Waals surface area (Å²) in [6.45, 7) is 4.14. The van der Waals surface area contributed by atoms with Crippen LogP contribution in [0.5, 0.6) is 11.5 Å². The first kappa shape index (κ1) is 15.3. The van der Waals surface area contributed by atoms with Gasteiger partial charge in [0.05, 0.1) is 20.3 Å². The van der Waals surface area contributed by atoms with Crippen LogP contribution in [-0.2, 0) is 0 Å². The first-order valence-electron chi connectivity index (χ1n) is 7.53. The van der Waals surface area contributed by atoms with E-state index in [0.29, 0.717) is 0 Å². The molecule has 0 radical (unpaired) electrons. The van der Waals surface area contributed by atoms with Crippen LogP contribution in [0.4, 0.5) is 0 Å². The molecule has 1 saturated heterocycles. The van der Waals surface area contributed by atoms with Crippen molar-refractivity contribution in [1.82, 2.24) is 10.2 Å². The van der Waals surface area contributed by atoms with Gasteiger partial charge in [-0.15, -0.1) is 11.3 Å². The maximum absolute atomic E-state index is 5.64. The second-order valence-corrected chi connectivity index (χ2v) is 6.29. The number of ether oxygens (including phenoxy) is 2. The highest BCUT2D eigenvalue weighted by atomic mass is 32.1. The standard InChI is InChI=1S/C17H22N2O2S/c1-20-13-5-6-14(15(12-13)21-2)17(16-4-3-11-22-16)19-9-7-18-8-10-19/h3-6,11-12,17-18H,7-10H2,1-2H3/t17-/m0/s1. The van der Waals surface area contributed by atoms with Crippen molar-refractivity contribution in [2.24, 2.45) is 0 Å². The maximum atomic E-state index is 5.64. The SMILES string of the molecule is COc1ccc([C@@H](c2cccs2)N2CCNCC2)c(OC)c1. The number of piperazine rings is 1. The molecule has 1 aliphatic rings. The molecule has 1 atom stereocenters. The van der Waals surface area contributed by atoms with E-state index in [1.807, 2.05) is 12.1 Å². The van der Waals surface area contributed by atoms with Gasteiger partial charge in [-0.3, -0.25) is 4.90 Å². The average molecular weight is 318 g/mol. The third-order valence-electron chi connectivity index (χ3n) is 4.06. The van der Waals surface area contributed by atoms with Crippen LogP contribution in [0.25, 0.3) is 0 Å². The minimum Gasteiger partial charge on any atom is -0.497 e. The van der Waals surface area contributed by atoms with Crippen LogP contribution in [0, 0.1) is 0 Å². The number of benzene rings is 1. The molecule has 2 heterocycles. The Morgan fingerprint density at radius 2 is 1.95 bits per heavy atom. The molecule has 22 heavy (non-hydrogen) atoms. The molecule has 0 aliphatic carbocycles. The van der Waals surface area contributed by atoms with Gasteiger partial charge < -0.3 is 14.8 Å². The van der Waals surface area contributed by atoms with Crippen LogP contribution in [0.1, 0.15) is 16.5 Å². The van der Waals surface area contributed by atoms with Gasteiger partial charge in [0, 0.05) is 42.7 Å². The van der Waals surface area contributed by atoms with Gasteiger partial charge >= 0.3 is 0 Å². The summed E-state index contributed by atoms with van der Waals surface area (Å²) < 4.78 is 11.0. The first-order chi connectivity index (χ1) is 10.8. The predicted octanol–water partition coefficient (Wildman–Crippen LogP) is 2.76. The van der Waals surface area contributed by atoms with E-state index in [0.717, 1.165) is 37.7 Å². The number of rotatable bonds is 5. The van der Waals surface area contributed by atoms with Gasteiger partial charge in [-0.25, -0.2) is 0 Å². The van der Waals surface area contributed by atoms with Crippen molar-refractivity contribution < 1.29 is 9.47 Å². The fourth-order valence-electron chi connectivity index (χ4n) is 2.96. The summed E-state index contributed by atoms with van der Waals surface area (Å²) in [6.07, 6.45) is 0. The van der Waals surface area contributed by atoms with E-state index >= 15 is 0 Å². The number of nitrogens with zero attached hydrogens (tertiary/aromatic N) is 1. The van der Waals surface area contributed by atoms with E-state index in [4.69, 9.17) is 9.47 Å². The minimum absolute atomic E-state index is 0.239. The van der Waals surface area contributed by atoms with Crippen LogP contribution >= 0.6 is 11.3 Å². The molecule has 0 amide bonds. The Morgan fingerprint density at radius 3 is 2.59 bits per heavy atom. The second kappa shape index (κ2) is 7.13. The third-order valence-corrected chi connectivity index (χ3v) is 4.99. The highest BCUT2D eigenvalue weighted by Crippen LogP contribution is 2.38. The largest absolute Gasteiger partial charge is 0.497 e. The molecule has 118 valence electrons. The van der Waals surface area contributed by atoms with E-state index in [2.05, 4.69) is 33.8 Å². The lowest BCUT2D eigenvalue weighted by molar-refractivity contribution is 0.197. The van der Waals surface area contributed by atoms with Gasteiger partial charge in [-0.05, 0) is 23.6 Å². The Hall–Kier alpha value is -1.56. The monoisotopic (exact) mass is 318 g/mol. The molecule has 1 aromatic carbocycles. The van der Waals surface area contributed by atoms with Gasteiger partial charge in [0.2, 0.25) is 0 Å². The van der Waals surface area contributed by atoms with Crippen LogP contribution in [0.2, 0.25) is 0 Å². The summed E-state index contributed by atoms with van der Waals surface area (Å²) in [5.41, 5.74) is 1.20. The third kappa shape index (κ3) is 3.11. The smallest absolute Gasteiger partial charge is 0.127 e. The lowest BCUT2D eigenvalue weighted by Crippen LogP contribution is -2.45. The highest BCUT2D eigenvalue weighted by Gasteiger charge is 2.27. The average Bonchev–Trinajstić information content (AvgIpc) is 3.10. The molecule has 0 bridgehead atoms. The van der Waals surface area contributed by atoms with Crippen molar-refractivity contribution in [1.29, 1.82) is 0 Å². The topological polar surface area (TPSA) is 33.7 Å². The quantitative estimate of drug-likeness (QED) is 0.919. The van der Waals surface area contributed by atoms with Crippen LogP contribution in [0.3, 0.4) is 0 Å². The second-order valence-electron chi connectivity index (χ2n) is 5.31. The Bertz CT molecular complexity index is 595. The van der Waals surface area contributed by atoms with Crippen LogP contribution in [-0.4, -0.2) is 45.3 Å².